The molecule has 0 amide bonds. The number of piperidine rings is 1. The Morgan fingerprint density at radius 1 is 1.06 bits per heavy atom. The van der Waals surface area contributed by atoms with Gasteiger partial charge in [0.25, 0.3) is 5.69 Å². The Balaban J connectivity index is 1.38. The fourth-order valence-electron chi connectivity index (χ4n) is 4.89. The van der Waals surface area contributed by atoms with Crippen LogP contribution in [0.4, 0.5) is 11.4 Å². The van der Waals surface area contributed by atoms with E-state index in [1.165, 1.54) is 0 Å². The number of piperazine rings is 1. The summed E-state index contributed by atoms with van der Waals surface area (Å²) < 4.78 is 0. The van der Waals surface area contributed by atoms with Gasteiger partial charge in [-0.3, -0.25) is 19.9 Å². The molecule has 0 radical (unpaired) electrons. The number of nitrogens with one attached hydrogen (secondary N) is 1. The number of aliphatic hydroxyl groups is 4. The van der Waals surface area contributed by atoms with Crippen LogP contribution < -0.4 is 5.32 Å². The Morgan fingerprint density at radius 2 is 1.77 bits per heavy atom. The van der Waals surface area contributed by atoms with Crippen molar-refractivity contribution in [3.8, 4) is 0 Å². The molecule has 198 valence electrons. The van der Waals surface area contributed by atoms with Crippen molar-refractivity contribution in [2.75, 3.05) is 64.8 Å². The summed E-state index contributed by atoms with van der Waals surface area (Å²) in [5.74, 6) is 0. The van der Waals surface area contributed by atoms with Gasteiger partial charge in [-0.05, 0) is 38.1 Å². The van der Waals surface area contributed by atoms with Crippen LogP contribution in [0, 0.1) is 10.1 Å². The third kappa shape index (κ3) is 7.81. The molecule has 5 N–H and O–H groups in total. The number of benzene rings is 1. The highest BCUT2D eigenvalue weighted by Crippen LogP contribution is 2.26. The summed E-state index contributed by atoms with van der Waals surface area (Å²) in [6.45, 7) is 5.85. The zero-order valence-corrected chi connectivity index (χ0v) is 20.6. The number of anilines is 1. The van der Waals surface area contributed by atoms with Crippen LogP contribution in [0.25, 0.3) is 0 Å². The quantitative estimate of drug-likeness (QED) is 0.153. The maximum atomic E-state index is 11.6. The van der Waals surface area contributed by atoms with Crippen LogP contribution in [0.1, 0.15) is 31.2 Å². The number of likely N-dealkylation sites (N-methyl/N-ethyl adjacent to an activating group) is 1. The summed E-state index contributed by atoms with van der Waals surface area (Å²) in [6.07, 6.45) is 0.0859. The molecule has 4 unspecified atom stereocenters. The smallest absolute Gasteiger partial charge is 0.292 e. The first-order valence-electron chi connectivity index (χ1n) is 12.6. The van der Waals surface area contributed by atoms with E-state index in [0.29, 0.717) is 18.8 Å². The predicted octanol–water partition coefficient (Wildman–Crippen LogP) is 0.0737. The minimum Gasteiger partial charge on any atom is -0.395 e. The van der Waals surface area contributed by atoms with Crippen LogP contribution >= 0.6 is 0 Å². The highest BCUT2D eigenvalue weighted by Gasteiger charge is 2.40. The molecule has 1 aromatic rings. The van der Waals surface area contributed by atoms with Crippen LogP contribution in [0.5, 0.6) is 0 Å². The Hall–Kier alpha value is -1.86. The molecule has 0 spiro atoms. The van der Waals surface area contributed by atoms with Crippen molar-refractivity contribution in [2.24, 2.45) is 0 Å². The fourth-order valence-corrected chi connectivity index (χ4v) is 4.89. The van der Waals surface area contributed by atoms with Crippen molar-refractivity contribution in [3.63, 3.8) is 0 Å². The van der Waals surface area contributed by atoms with Crippen LogP contribution in [0.2, 0.25) is 0 Å². The van der Waals surface area contributed by atoms with Gasteiger partial charge in [0.15, 0.2) is 0 Å². The van der Waals surface area contributed by atoms with Gasteiger partial charge in [-0.1, -0.05) is 18.9 Å². The lowest BCUT2D eigenvalue weighted by Crippen LogP contribution is -2.62. The average Bonchev–Trinajstić information content (AvgIpc) is 2.84. The average molecular weight is 496 g/mol. The number of nitro benzene ring substituents is 1. The van der Waals surface area contributed by atoms with Gasteiger partial charge in [0.1, 0.15) is 17.9 Å². The standard InChI is InChI=1S/C24H41N5O6/c1-26-10-12-27(13-11-26)15-18-6-7-19(20(14-18)29(34)35)25-8-4-2-3-5-9-28-16-22(31)24(33)23(32)21(28)17-30/h6-7,14,21-25,30-33H,2-5,8-13,15-17H2,1H3. The van der Waals surface area contributed by atoms with E-state index in [-0.39, 0.29) is 23.8 Å². The van der Waals surface area contributed by atoms with Crippen LogP contribution in [0.3, 0.4) is 0 Å². The number of aliphatic hydroxyl groups excluding tert-OH is 4. The molecule has 11 heteroatoms. The van der Waals surface area contributed by atoms with Crippen molar-refractivity contribution < 1.29 is 25.3 Å². The second kappa shape index (κ2) is 13.4. The predicted molar refractivity (Wildman–Crippen MR) is 133 cm³/mol. The Labute approximate surface area is 207 Å². The molecule has 2 fully saturated rings. The molecule has 2 aliphatic heterocycles. The number of nitro groups is 1. The summed E-state index contributed by atoms with van der Waals surface area (Å²) in [4.78, 5) is 17.7. The molecular formula is C24H41N5O6. The molecule has 2 saturated heterocycles. The first kappa shape index (κ1) is 27.7. The molecule has 0 aromatic heterocycles. The van der Waals surface area contributed by atoms with E-state index >= 15 is 0 Å². The zero-order valence-electron chi connectivity index (χ0n) is 20.6. The van der Waals surface area contributed by atoms with Gasteiger partial charge in [-0.2, -0.15) is 0 Å². The zero-order chi connectivity index (χ0) is 25.4. The van der Waals surface area contributed by atoms with Gasteiger partial charge in [0.2, 0.25) is 0 Å². The first-order valence-corrected chi connectivity index (χ1v) is 12.6. The molecule has 1 aromatic carbocycles. The van der Waals surface area contributed by atoms with Gasteiger partial charge < -0.3 is 30.6 Å². The second-order valence-corrected chi connectivity index (χ2v) is 9.82. The fraction of sp³-hybridized carbons (Fsp3) is 0.750. The van der Waals surface area contributed by atoms with Gasteiger partial charge in [-0.25, -0.2) is 0 Å². The molecule has 2 aliphatic rings. The number of hydrogen-bond donors (Lipinski definition) is 5. The van der Waals surface area contributed by atoms with Crippen molar-refractivity contribution in [3.05, 3.63) is 33.9 Å². The summed E-state index contributed by atoms with van der Waals surface area (Å²) in [5.41, 5.74) is 1.60. The Morgan fingerprint density at radius 3 is 2.46 bits per heavy atom. The number of rotatable bonds is 12. The minimum absolute atomic E-state index is 0.107. The summed E-state index contributed by atoms with van der Waals surface area (Å²) in [7, 11) is 2.10. The van der Waals surface area contributed by atoms with Crippen molar-refractivity contribution in [1.29, 1.82) is 0 Å². The number of likely N-dealkylation sites (tertiary alicyclic amines) is 1. The minimum atomic E-state index is -1.24. The molecule has 2 heterocycles. The lowest BCUT2D eigenvalue weighted by atomic mass is 9.94. The molecule has 4 atom stereocenters. The second-order valence-electron chi connectivity index (χ2n) is 9.82. The van der Waals surface area contributed by atoms with E-state index in [1.807, 2.05) is 11.0 Å². The van der Waals surface area contributed by atoms with E-state index in [2.05, 4.69) is 22.2 Å². The number of nitrogens with zero attached hydrogens (tertiary/aromatic N) is 4. The number of hydrogen-bond acceptors (Lipinski definition) is 10. The normalized spacial score (nSPS) is 26.7. The maximum Gasteiger partial charge on any atom is 0.292 e. The van der Waals surface area contributed by atoms with E-state index in [1.54, 1.807) is 12.1 Å². The van der Waals surface area contributed by atoms with Crippen molar-refractivity contribution in [2.45, 2.75) is 56.6 Å². The summed E-state index contributed by atoms with van der Waals surface area (Å²) in [5, 5.41) is 54.1. The van der Waals surface area contributed by atoms with Crippen LogP contribution in [-0.2, 0) is 6.54 Å². The highest BCUT2D eigenvalue weighted by molar-refractivity contribution is 5.62. The molecular weight excluding hydrogens is 454 g/mol. The molecule has 0 bridgehead atoms. The third-order valence-corrected chi connectivity index (χ3v) is 7.16. The van der Waals surface area contributed by atoms with Crippen LogP contribution in [-0.4, -0.2) is 124 Å². The number of unbranched alkanes of at least 4 members (excludes halogenated alkanes) is 3. The van der Waals surface area contributed by atoms with Gasteiger partial charge >= 0.3 is 0 Å². The number of β-amino-alcohol motifs (C(OH)–C–C–N with tert-alkyl or cyclic N) is 1. The Kier molecular flexibility index (Phi) is 10.7. The lowest BCUT2D eigenvalue weighted by Gasteiger charge is -2.43. The van der Waals surface area contributed by atoms with E-state index in [0.717, 1.165) is 64.0 Å². The van der Waals surface area contributed by atoms with Gasteiger partial charge in [0, 0.05) is 51.9 Å². The topological polar surface area (TPSA) is 146 Å². The Bertz CT molecular complexity index is 807. The molecule has 0 saturated carbocycles. The first-order chi connectivity index (χ1) is 16.8. The maximum absolute atomic E-state index is 11.6. The highest BCUT2D eigenvalue weighted by atomic mass is 16.6. The third-order valence-electron chi connectivity index (χ3n) is 7.16. The largest absolute Gasteiger partial charge is 0.395 e. The van der Waals surface area contributed by atoms with Gasteiger partial charge in [0.05, 0.1) is 23.7 Å². The molecule has 35 heavy (non-hydrogen) atoms. The van der Waals surface area contributed by atoms with E-state index < -0.39 is 24.4 Å². The van der Waals surface area contributed by atoms with Crippen molar-refractivity contribution in [1.82, 2.24) is 14.7 Å². The lowest BCUT2D eigenvalue weighted by molar-refractivity contribution is -0.384. The van der Waals surface area contributed by atoms with Crippen molar-refractivity contribution >= 4 is 11.4 Å². The molecule has 3 rings (SSSR count). The molecule has 11 nitrogen and oxygen atoms in total. The van der Waals surface area contributed by atoms with Gasteiger partial charge in [-0.15, -0.1) is 0 Å². The summed E-state index contributed by atoms with van der Waals surface area (Å²) in [6, 6.07) is 4.87. The summed E-state index contributed by atoms with van der Waals surface area (Å²) >= 11 is 0. The van der Waals surface area contributed by atoms with E-state index in [4.69, 9.17) is 0 Å². The van der Waals surface area contributed by atoms with E-state index in [9.17, 15) is 30.5 Å². The van der Waals surface area contributed by atoms with Crippen LogP contribution in [0.15, 0.2) is 18.2 Å². The monoisotopic (exact) mass is 495 g/mol. The molecule has 0 aliphatic carbocycles. The SMILES string of the molecule is CN1CCN(Cc2ccc(NCCCCCCN3CC(O)C(O)C(O)C3CO)c([N+](=O)[O-])c2)CC1.